The SMILES string of the molecule is Cc1c(Cl)cccc1-n1c(S[C@H](C)C(=O)Nc2c(C)n(C)n(-c3ccccc3)c2=O)nnc1-c1ccncc1. The van der Waals surface area contributed by atoms with E-state index in [4.69, 9.17) is 11.6 Å². The quantitative estimate of drug-likeness (QED) is 0.275. The summed E-state index contributed by atoms with van der Waals surface area (Å²) >= 11 is 7.69. The molecule has 3 aromatic heterocycles. The minimum atomic E-state index is -0.595. The van der Waals surface area contributed by atoms with Crippen molar-refractivity contribution in [3.05, 3.63) is 99.7 Å². The fourth-order valence-electron chi connectivity index (χ4n) is 4.24. The summed E-state index contributed by atoms with van der Waals surface area (Å²) < 4.78 is 5.15. The summed E-state index contributed by atoms with van der Waals surface area (Å²) in [4.78, 5) is 30.7. The third-order valence-corrected chi connectivity index (χ3v) is 7.96. The fraction of sp³-hybridized carbons (Fsp3) is 0.179. The number of halogens is 1. The highest BCUT2D eigenvalue weighted by atomic mass is 35.5. The van der Waals surface area contributed by atoms with Crippen molar-refractivity contribution in [2.45, 2.75) is 31.2 Å². The van der Waals surface area contributed by atoms with E-state index in [0.717, 1.165) is 16.8 Å². The molecule has 0 spiro atoms. The van der Waals surface area contributed by atoms with Crippen LogP contribution in [0.4, 0.5) is 5.69 Å². The molecule has 1 atom stereocenters. The largest absolute Gasteiger partial charge is 0.319 e. The normalized spacial score (nSPS) is 11.9. The Morgan fingerprint density at radius 2 is 1.72 bits per heavy atom. The molecule has 0 saturated heterocycles. The highest BCUT2D eigenvalue weighted by Crippen LogP contribution is 2.33. The summed E-state index contributed by atoms with van der Waals surface area (Å²) in [6.07, 6.45) is 3.37. The van der Waals surface area contributed by atoms with Crippen molar-refractivity contribution < 1.29 is 4.79 Å². The molecule has 0 fully saturated rings. The number of anilines is 1. The Bertz CT molecular complexity index is 1710. The Morgan fingerprint density at radius 3 is 2.44 bits per heavy atom. The number of hydrogen-bond donors (Lipinski definition) is 1. The van der Waals surface area contributed by atoms with Gasteiger partial charge in [0.1, 0.15) is 5.69 Å². The van der Waals surface area contributed by atoms with Gasteiger partial charge < -0.3 is 5.32 Å². The van der Waals surface area contributed by atoms with Crippen LogP contribution in [0.3, 0.4) is 0 Å². The van der Waals surface area contributed by atoms with Crippen LogP contribution < -0.4 is 10.9 Å². The molecule has 0 aliphatic heterocycles. The van der Waals surface area contributed by atoms with E-state index in [1.807, 2.05) is 72.2 Å². The average Bonchev–Trinajstić information content (AvgIpc) is 3.45. The molecule has 0 bridgehead atoms. The summed E-state index contributed by atoms with van der Waals surface area (Å²) in [5.41, 5.74) is 3.78. The van der Waals surface area contributed by atoms with E-state index >= 15 is 0 Å². The number of aromatic nitrogens is 6. The molecule has 198 valence electrons. The third kappa shape index (κ3) is 5.00. The number of hydrogen-bond acceptors (Lipinski definition) is 6. The Balaban J connectivity index is 1.47. The lowest BCUT2D eigenvalue weighted by molar-refractivity contribution is -0.115. The van der Waals surface area contributed by atoms with Gasteiger partial charge >= 0.3 is 0 Å². The lowest BCUT2D eigenvalue weighted by Crippen LogP contribution is -2.27. The van der Waals surface area contributed by atoms with Crippen LogP contribution >= 0.6 is 23.4 Å². The van der Waals surface area contributed by atoms with E-state index in [1.54, 1.807) is 38.0 Å². The van der Waals surface area contributed by atoms with Crippen LogP contribution in [0.5, 0.6) is 0 Å². The molecule has 0 saturated carbocycles. The minimum absolute atomic E-state index is 0.239. The van der Waals surface area contributed by atoms with E-state index < -0.39 is 5.25 Å². The van der Waals surface area contributed by atoms with E-state index in [2.05, 4.69) is 20.5 Å². The standard InChI is InChI=1S/C28H26ClN7O2S/c1-17-22(29)11-8-12-23(17)35-25(20-13-15-30-16-14-20)32-33-28(35)39-19(3)26(37)31-24-18(2)34(4)36(27(24)38)21-9-6-5-7-10-21/h5-16,19H,1-4H3,(H,31,37)/t19-/m1/s1. The number of amides is 1. The Morgan fingerprint density at radius 1 is 1.00 bits per heavy atom. The van der Waals surface area contributed by atoms with Crippen LogP contribution in [0.15, 0.2) is 83.0 Å². The molecule has 2 aromatic carbocycles. The second kappa shape index (κ2) is 10.9. The van der Waals surface area contributed by atoms with Crippen LogP contribution in [0.25, 0.3) is 22.8 Å². The zero-order chi connectivity index (χ0) is 27.7. The monoisotopic (exact) mass is 559 g/mol. The molecule has 11 heteroatoms. The molecule has 1 amide bonds. The van der Waals surface area contributed by atoms with Gasteiger partial charge in [-0.15, -0.1) is 10.2 Å². The second-order valence-corrected chi connectivity index (χ2v) is 10.7. The molecule has 9 nitrogen and oxygen atoms in total. The van der Waals surface area contributed by atoms with Crippen LogP contribution in [0, 0.1) is 13.8 Å². The molecule has 0 aliphatic rings. The maximum absolute atomic E-state index is 13.3. The lowest BCUT2D eigenvalue weighted by atomic mass is 10.2. The zero-order valence-corrected chi connectivity index (χ0v) is 23.4. The fourth-order valence-corrected chi connectivity index (χ4v) is 5.27. The average molecular weight is 560 g/mol. The smallest absolute Gasteiger partial charge is 0.295 e. The number of benzene rings is 2. The molecule has 0 aliphatic carbocycles. The van der Waals surface area contributed by atoms with Crippen LogP contribution in [0.1, 0.15) is 18.2 Å². The van der Waals surface area contributed by atoms with Gasteiger partial charge in [0.2, 0.25) is 5.91 Å². The maximum atomic E-state index is 13.3. The van der Waals surface area contributed by atoms with E-state index in [-0.39, 0.29) is 17.2 Å². The number of pyridine rings is 1. The molecule has 0 radical (unpaired) electrons. The molecule has 1 N–H and O–H groups in total. The minimum Gasteiger partial charge on any atom is -0.319 e. The molecule has 39 heavy (non-hydrogen) atoms. The van der Waals surface area contributed by atoms with Gasteiger partial charge in [-0.3, -0.25) is 23.8 Å². The second-order valence-electron chi connectivity index (χ2n) is 8.95. The summed E-state index contributed by atoms with van der Waals surface area (Å²) in [5, 5.41) is 12.2. The summed E-state index contributed by atoms with van der Waals surface area (Å²) in [5.74, 6) is 0.274. The summed E-state index contributed by atoms with van der Waals surface area (Å²) in [7, 11) is 1.79. The van der Waals surface area contributed by atoms with Gasteiger partial charge in [-0.05, 0) is 62.7 Å². The van der Waals surface area contributed by atoms with E-state index in [0.29, 0.717) is 27.4 Å². The van der Waals surface area contributed by atoms with Crippen LogP contribution in [-0.4, -0.2) is 40.3 Å². The predicted octanol–water partition coefficient (Wildman–Crippen LogP) is 5.21. The Kier molecular flexibility index (Phi) is 7.40. The van der Waals surface area contributed by atoms with Crippen molar-refractivity contribution in [3.63, 3.8) is 0 Å². The van der Waals surface area contributed by atoms with Gasteiger partial charge in [0.25, 0.3) is 5.56 Å². The molecule has 5 rings (SSSR count). The predicted molar refractivity (Wildman–Crippen MR) is 154 cm³/mol. The highest BCUT2D eigenvalue weighted by Gasteiger charge is 2.25. The number of carbonyl (C=O) groups is 1. The van der Waals surface area contributed by atoms with Gasteiger partial charge in [-0.1, -0.05) is 47.6 Å². The number of nitrogens with zero attached hydrogens (tertiary/aromatic N) is 6. The number of nitrogens with one attached hydrogen (secondary N) is 1. The number of rotatable bonds is 7. The van der Waals surface area contributed by atoms with Gasteiger partial charge in [-0.25, -0.2) is 4.68 Å². The Labute approximate surface area is 234 Å². The maximum Gasteiger partial charge on any atom is 0.295 e. The van der Waals surface area contributed by atoms with Gasteiger partial charge in [0.15, 0.2) is 11.0 Å². The van der Waals surface area contributed by atoms with Crippen LogP contribution in [-0.2, 0) is 11.8 Å². The first-order valence-electron chi connectivity index (χ1n) is 12.2. The molecule has 3 heterocycles. The Hall–Kier alpha value is -4.15. The van der Waals surface area contributed by atoms with Crippen molar-refractivity contribution in [2.75, 3.05) is 5.32 Å². The molecule has 5 aromatic rings. The van der Waals surface area contributed by atoms with E-state index in [9.17, 15) is 9.59 Å². The first kappa shape index (κ1) is 26.5. The van der Waals surface area contributed by atoms with Gasteiger partial charge in [0, 0.05) is 30.0 Å². The third-order valence-electron chi connectivity index (χ3n) is 6.51. The van der Waals surface area contributed by atoms with Crippen molar-refractivity contribution in [1.29, 1.82) is 0 Å². The summed E-state index contributed by atoms with van der Waals surface area (Å²) in [6, 6.07) is 18.6. The first-order valence-corrected chi connectivity index (χ1v) is 13.5. The van der Waals surface area contributed by atoms with E-state index in [1.165, 1.54) is 16.4 Å². The lowest BCUT2D eigenvalue weighted by Gasteiger charge is -2.16. The molecule has 0 unspecified atom stereocenters. The first-order chi connectivity index (χ1) is 18.8. The van der Waals surface area contributed by atoms with Crippen molar-refractivity contribution in [1.82, 2.24) is 29.1 Å². The number of carbonyl (C=O) groups excluding carboxylic acids is 1. The van der Waals surface area contributed by atoms with Crippen molar-refractivity contribution in [2.24, 2.45) is 7.05 Å². The van der Waals surface area contributed by atoms with Gasteiger partial charge in [0.05, 0.1) is 22.3 Å². The zero-order valence-electron chi connectivity index (χ0n) is 21.8. The summed E-state index contributed by atoms with van der Waals surface area (Å²) in [6.45, 7) is 5.49. The van der Waals surface area contributed by atoms with Crippen LogP contribution in [0.2, 0.25) is 5.02 Å². The highest BCUT2D eigenvalue weighted by molar-refractivity contribution is 8.00. The number of para-hydroxylation sites is 1. The topological polar surface area (TPSA) is 99.6 Å². The van der Waals surface area contributed by atoms with Crippen molar-refractivity contribution in [3.8, 4) is 22.8 Å². The number of thioether (sulfide) groups is 1. The molecular formula is C28H26ClN7O2S. The van der Waals surface area contributed by atoms with Gasteiger partial charge in [-0.2, -0.15) is 0 Å². The molecular weight excluding hydrogens is 534 g/mol. The van der Waals surface area contributed by atoms with Crippen molar-refractivity contribution >= 4 is 35.0 Å².